The van der Waals surface area contributed by atoms with Crippen LogP contribution >= 0.6 is 0 Å². The minimum Gasteiger partial charge on any atom is -0.254 e. The van der Waals surface area contributed by atoms with E-state index in [1.807, 2.05) is 42.7 Å². The van der Waals surface area contributed by atoms with Crippen molar-refractivity contribution in [2.75, 3.05) is 0 Å². The number of pyridine rings is 4. The lowest BCUT2D eigenvalue weighted by molar-refractivity contribution is 1.37. The van der Waals surface area contributed by atoms with E-state index < -0.39 is 0 Å². The predicted octanol–water partition coefficient (Wildman–Crippen LogP) is 11.7. The second-order valence-corrected chi connectivity index (χ2v) is 12.6. The molecule has 10 rings (SSSR count). The zero-order chi connectivity index (χ0) is 33.2. The van der Waals surface area contributed by atoms with E-state index in [-0.39, 0.29) is 0 Å². The normalized spacial score (nSPS) is 11.6. The van der Waals surface area contributed by atoms with Gasteiger partial charge in [-0.2, -0.15) is 0 Å². The van der Waals surface area contributed by atoms with Crippen molar-refractivity contribution in [3.8, 4) is 33.5 Å². The summed E-state index contributed by atoms with van der Waals surface area (Å²) in [5.74, 6) is 0. The Labute approximate surface area is 287 Å². The smallest absolute Gasteiger partial charge is 0.189 e. The molecular weight excluding hydrogens is 611 g/mol. The van der Waals surface area contributed by atoms with Crippen molar-refractivity contribution in [2.24, 2.45) is 0 Å². The molecule has 0 aliphatic heterocycles. The third kappa shape index (κ3) is 4.40. The maximum atomic E-state index is 7.44. The molecule has 0 atom stereocenters. The first kappa shape index (κ1) is 28.0. The van der Waals surface area contributed by atoms with Crippen LogP contribution in [0.5, 0.6) is 0 Å². The number of fused-ring (bicyclic) bond motifs is 8. The molecule has 0 radical (unpaired) electrons. The van der Waals surface area contributed by atoms with Crippen LogP contribution in [0.1, 0.15) is 0 Å². The van der Waals surface area contributed by atoms with Gasteiger partial charge in [0, 0.05) is 39.5 Å². The molecule has 4 heterocycles. The Balaban J connectivity index is 1.10. The third-order valence-electron chi connectivity index (χ3n) is 9.72. The molecular formula is C45H25N5. The van der Waals surface area contributed by atoms with Crippen LogP contribution in [0.15, 0.2) is 152 Å². The molecule has 0 aliphatic carbocycles. The van der Waals surface area contributed by atoms with Crippen LogP contribution in [-0.2, 0) is 0 Å². The van der Waals surface area contributed by atoms with Gasteiger partial charge in [0.2, 0.25) is 0 Å². The van der Waals surface area contributed by atoms with Crippen LogP contribution < -0.4 is 0 Å². The summed E-state index contributed by atoms with van der Waals surface area (Å²) >= 11 is 0. The second kappa shape index (κ2) is 11.0. The zero-order valence-electron chi connectivity index (χ0n) is 26.7. The molecule has 0 aliphatic rings. The second-order valence-electron chi connectivity index (χ2n) is 12.6. The van der Waals surface area contributed by atoms with Gasteiger partial charge in [-0.1, -0.05) is 103 Å². The number of rotatable bonds is 3. The fourth-order valence-corrected chi connectivity index (χ4v) is 7.30. The monoisotopic (exact) mass is 635 g/mol. The van der Waals surface area contributed by atoms with E-state index in [1.54, 1.807) is 0 Å². The van der Waals surface area contributed by atoms with Crippen molar-refractivity contribution >= 4 is 71.0 Å². The molecule has 4 aromatic heterocycles. The molecule has 5 nitrogen and oxygen atoms in total. The first-order valence-electron chi connectivity index (χ1n) is 16.5. The lowest BCUT2D eigenvalue weighted by atomic mass is 9.89. The Morgan fingerprint density at radius 2 is 1.08 bits per heavy atom. The van der Waals surface area contributed by atoms with Crippen LogP contribution in [0.25, 0.3) is 104 Å². The van der Waals surface area contributed by atoms with Gasteiger partial charge in [0.1, 0.15) is 0 Å². The highest BCUT2D eigenvalue weighted by Crippen LogP contribution is 2.41. The SMILES string of the molecule is [C-]#[N+]c1ccc2cc3cc(-c4ccc(-c5ccc(-c6ccc7ccc8cccnc8c7n6)cc5)c5ccccc45)c4cccnc4c3nc2c1. The molecule has 10 aromatic rings. The van der Waals surface area contributed by atoms with Gasteiger partial charge in [0.15, 0.2) is 5.69 Å². The summed E-state index contributed by atoms with van der Waals surface area (Å²) in [6, 6.07) is 48.4. The molecule has 0 amide bonds. The van der Waals surface area contributed by atoms with Crippen molar-refractivity contribution in [3.63, 3.8) is 0 Å². The largest absolute Gasteiger partial charge is 0.254 e. The van der Waals surface area contributed by atoms with Crippen molar-refractivity contribution in [2.45, 2.75) is 0 Å². The highest BCUT2D eigenvalue weighted by Gasteiger charge is 2.16. The topological polar surface area (TPSA) is 55.9 Å². The summed E-state index contributed by atoms with van der Waals surface area (Å²) in [4.78, 5) is 23.1. The van der Waals surface area contributed by atoms with Crippen molar-refractivity contribution in [1.29, 1.82) is 0 Å². The predicted molar refractivity (Wildman–Crippen MR) is 205 cm³/mol. The molecule has 0 spiro atoms. The van der Waals surface area contributed by atoms with Crippen molar-refractivity contribution < 1.29 is 0 Å². The van der Waals surface area contributed by atoms with Crippen LogP contribution in [0.4, 0.5) is 5.69 Å². The van der Waals surface area contributed by atoms with E-state index in [0.717, 1.165) is 82.5 Å². The van der Waals surface area contributed by atoms with Gasteiger partial charge in [-0.3, -0.25) is 9.97 Å². The van der Waals surface area contributed by atoms with Gasteiger partial charge in [-0.05, 0) is 74.8 Å². The fraction of sp³-hybridized carbons (Fsp3) is 0. The zero-order valence-corrected chi connectivity index (χ0v) is 26.7. The molecule has 0 fully saturated rings. The maximum absolute atomic E-state index is 7.44. The molecule has 0 saturated heterocycles. The Bertz CT molecular complexity index is 3050. The number of aromatic nitrogens is 4. The fourth-order valence-electron chi connectivity index (χ4n) is 7.30. The molecule has 0 N–H and O–H groups in total. The number of nitrogens with zero attached hydrogens (tertiary/aromatic N) is 5. The summed E-state index contributed by atoms with van der Waals surface area (Å²) in [5, 5.41) is 7.58. The summed E-state index contributed by atoms with van der Waals surface area (Å²) in [5.41, 5.74) is 11.5. The van der Waals surface area contributed by atoms with Gasteiger partial charge in [-0.25, -0.2) is 14.8 Å². The van der Waals surface area contributed by atoms with Gasteiger partial charge in [0.25, 0.3) is 0 Å². The van der Waals surface area contributed by atoms with Crippen LogP contribution in [-0.4, -0.2) is 19.9 Å². The highest BCUT2D eigenvalue weighted by molar-refractivity contribution is 6.16. The van der Waals surface area contributed by atoms with E-state index in [4.69, 9.17) is 21.5 Å². The minimum atomic E-state index is 0.580. The van der Waals surface area contributed by atoms with Crippen LogP contribution in [0, 0.1) is 6.57 Å². The number of hydrogen-bond donors (Lipinski definition) is 0. The third-order valence-corrected chi connectivity index (χ3v) is 9.72. The first-order valence-corrected chi connectivity index (χ1v) is 16.5. The van der Waals surface area contributed by atoms with Crippen LogP contribution in [0.3, 0.4) is 0 Å². The Morgan fingerprint density at radius 1 is 0.420 bits per heavy atom. The van der Waals surface area contributed by atoms with E-state index in [0.29, 0.717) is 5.69 Å². The van der Waals surface area contributed by atoms with E-state index in [9.17, 15) is 0 Å². The van der Waals surface area contributed by atoms with Gasteiger partial charge >= 0.3 is 0 Å². The summed E-state index contributed by atoms with van der Waals surface area (Å²) in [7, 11) is 0. The molecule has 50 heavy (non-hydrogen) atoms. The van der Waals surface area contributed by atoms with E-state index in [1.165, 1.54) is 16.3 Å². The summed E-state index contributed by atoms with van der Waals surface area (Å²) < 4.78 is 0. The quantitative estimate of drug-likeness (QED) is 0.110. The highest BCUT2D eigenvalue weighted by atomic mass is 14.8. The summed E-state index contributed by atoms with van der Waals surface area (Å²) in [6.45, 7) is 7.44. The number of hydrogen-bond acceptors (Lipinski definition) is 4. The minimum absolute atomic E-state index is 0.580. The first-order chi connectivity index (χ1) is 24.7. The molecule has 230 valence electrons. The van der Waals surface area contributed by atoms with E-state index in [2.05, 4.69) is 119 Å². The van der Waals surface area contributed by atoms with Gasteiger partial charge in [-0.15, -0.1) is 0 Å². The van der Waals surface area contributed by atoms with E-state index >= 15 is 0 Å². The Hall–Kier alpha value is -7.03. The lowest BCUT2D eigenvalue weighted by Gasteiger charge is -2.15. The molecule has 0 bridgehead atoms. The van der Waals surface area contributed by atoms with Gasteiger partial charge < -0.3 is 0 Å². The molecule has 6 aromatic carbocycles. The van der Waals surface area contributed by atoms with Gasteiger partial charge in [0.05, 0.1) is 39.8 Å². The molecule has 0 unspecified atom stereocenters. The van der Waals surface area contributed by atoms with Crippen molar-refractivity contribution in [1.82, 2.24) is 19.9 Å². The van der Waals surface area contributed by atoms with Crippen molar-refractivity contribution in [3.05, 3.63) is 163 Å². The van der Waals surface area contributed by atoms with Crippen LogP contribution in [0.2, 0.25) is 0 Å². The lowest BCUT2D eigenvalue weighted by Crippen LogP contribution is -1.92. The molecule has 0 saturated carbocycles. The summed E-state index contributed by atoms with van der Waals surface area (Å²) in [6.07, 6.45) is 3.65. The molecule has 5 heteroatoms. The Morgan fingerprint density at radius 3 is 1.92 bits per heavy atom. The number of benzene rings is 6. The average Bonchev–Trinajstić information content (AvgIpc) is 3.19. The average molecular weight is 636 g/mol. The maximum Gasteiger partial charge on any atom is 0.189 e. The standard InChI is InChI=1S/C45H25N5/c1-46-33-18-16-31-24-32-25-39(38-9-5-23-48-45(38)44(32)50-41(31)26-33)37-20-19-34(35-7-2-3-8-36(35)37)27-10-12-28(13-11-27)40-21-17-30-15-14-29-6-4-22-47-42(29)43(30)49-40/h2-26H. The Kier molecular flexibility index (Phi) is 6.17.